The molecule has 0 amide bonds. The molecule has 4 heavy (non-hydrogen) atoms. The third-order valence-electron chi connectivity index (χ3n) is 0. The van der Waals surface area contributed by atoms with Gasteiger partial charge in [-0.05, 0) is 0 Å². The number of hydrogen-bond donors (Lipinski definition) is 0. The van der Waals surface area contributed by atoms with Crippen LogP contribution < -0.4 is 0 Å². The predicted octanol–water partition coefficient (Wildman–Crippen LogP) is -2.02. The van der Waals surface area contributed by atoms with Crippen LogP contribution in [0.5, 0.6) is 0 Å². The van der Waals surface area contributed by atoms with Crippen LogP contribution in [-0.2, 0) is 4.79 Å². The first-order valence-electron chi connectivity index (χ1n) is 0.289. The topological polar surface area (TPSA) is 17.1 Å². The van der Waals surface area contributed by atoms with E-state index in [2.05, 4.69) is 0 Å². The Balaban J connectivity index is -0.00000000500. The average Bonchev–Trinajstić information content (AvgIpc) is 1.00. The summed E-state index contributed by atoms with van der Waals surface area (Å²) in [5.41, 5.74) is 0. The molecule has 0 bridgehead atoms. The van der Waals surface area contributed by atoms with Crippen LogP contribution in [0.15, 0.2) is 0 Å². The van der Waals surface area contributed by atoms with Crippen LogP contribution in [0.4, 0.5) is 0 Å². The molecule has 4 radical (unpaired) electrons. The molecule has 0 aromatic rings. The summed E-state index contributed by atoms with van der Waals surface area (Å²) >= 11 is 0. The monoisotopic (exact) mass is 450 g/mol. The van der Waals surface area contributed by atoms with E-state index in [0.717, 1.165) is 0 Å². The Morgan fingerprint density at radius 1 is 1.00 bits per heavy atom. The van der Waals surface area contributed by atoms with Gasteiger partial charge in [-0.15, -0.1) is 0 Å². The molecule has 0 aromatic heterocycles. The van der Waals surface area contributed by atoms with Gasteiger partial charge >= 0.3 is 54.6 Å². The van der Waals surface area contributed by atoms with E-state index < -0.39 is 0 Å². The molecule has 0 aliphatic rings. The molecule has 0 spiro atoms. The van der Waals surface area contributed by atoms with Crippen molar-refractivity contribution in [3.63, 3.8) is 0 Å². The first-order chi connectivity index (χ1) is 1.00. The molecule has 0 aliphatic carbocycles. The minimum atomic E-state index is 0. The van der Waals surface area contributed by atoms with Crippen molar-refractivity contribution in [1.29, 1.82) is 0 Å². The Bertz CT molecular complexity index is 6.00. The van der Waals surface area contributed by atoms with Crippen molar-refractivity contribution in [2.75, 3.05) is 0 Å². The van der Waals surface area contributed by atoms with Gasteiger partial charge in [-0.2, -0.15) is 0 Å². The van der Waals surface area contributed by atoms with Crippen LogP contribution in [0.1, 0.15) is 0 Å². The molecule has 0 saturated carbocycles. The second-order valence-electron chi connectivity index (χ2n) is 0. The van der Waals surface area contributed by atoms with E-state index in [4.69, 9.17) is 4.79 Å². The summed E-state index contributed by atoms with van der Waals surface area (Å²) in [7, 11) is 0. The number of rotatable bonds is 0. The Labute approximate surface area is 65.5 Å². The molecule has 0 aliphatic heterocycles. The Morgan fingerprint density at radius 3 is 1.00 bits per heavy atom. The summed E-state index contributed by atoms with van der Waals surface area (Å²) in [6.45, 7) is 2.00. The summed E-state index contributed by atoms with van der Waals surface area (Å²) in [5, 5.41) is 0. The molecule has 0 saturated heterocycles. The second-order valence-corrected chi connectivity index (χ2v) is 0. The van der Waals surface area contributed by atoms with Crippen LogP contribution in [0.25, 0.3) is 0 Å². The van der Waals surface area contributed by atoms with Gasteiger partial charge in [-0.25, -0.2) is 0 Å². The van der Waals surface area contributed by atoms with Crippen molar-refractivity contribution < 1.29 is 4.79 Å². The van der Waals surface area contributed by atoms with Gasteiger partial charge in [0, 0.05) is 0 Å². The first kappa shape index (κ1) is 17.8. The molecule has 3 heteroatoms. The number of carbonyl (C=O) groups is 1. The zero-order valence-electron chi connectivity index (χ0n) is 2.53. The SMILES string of the molecule is C=O.[PbH2].[PbH2]. The fourth-order valence-corrected chi connectivity index (χ4v) is 0. The van der Waals surface area contributed by atoms with Gasteiger partial charge in [0.25, 0.3) is 0 Å². The van der Waals surface area contributed by atoms with E-state index in [-0.39, 0.29) is 54.6 Å². The van der Waals surface area contributed by atoms with Gasteiger partial charge in [0.15, 0.2) is 0 Å². The van der Waals surface area contributed by atoms with Gasteiger partial charge in [0.1, 0.15) is 6.79 Å². The average molecular weight is 448 g/mol. The first-order valence-corrected chi connectivity index (χ1v) is 0.289. The molecule has 0 aromatic carbocycles. The maximum atomic E-state index is 8.00. The third kappa shape index (κ3) is 9.69. The van der Waals surface area contributed by atoms with E-state index in [9.17, 15) is 0 Å². The summed E-state index contributed by atoms with van der Waals surface area (Å²) in [5.74, 6) is 0. The minimum absolute atomic E-state index is 0. The van der Waals surface area contributed by atoms with Crippen molar-refractivity contribution in [2.45, 2.75) is 0 Å². The number of carbonyl (C=O) groups excluding carboxylic acids is 1. The molecular formula is CH6OPb2. The predicted molar refractivity (Wildman–Crippen MR) is 24.2 cm³/mol. The Morgan fingerprint density at radius 2 is 1.00 bits per heavy atom. The maximum absolute atomic E-state index is 8.00. The molecule has 24 valence electrons. The summed E-state index contributed by atoms with van der Waals surface area (Å²) in [6, 6.07) is 0. The molecule has 1 nitrogen and oxygen atoms in total. The van der Waals surface area contributed by atoms with Gasteiger partial charge in [0.05, 0.1) is 0 Å². The quantitative estimate of drug-likeness (QED) is 0.392. The Kier molecular flexibility index (Phi) is 108. The van der Waals surface area contributed by atoms with Crippen LogP contribution in [0, 0.1) is 0 Å². The number of hydrogen-bond acceptors (Lipinski definition) is 1. The summed E-state index contributed by atoms with van der Waals surface area (Å²) in [4.78, 5) is 8.00. The summed E-state index contributed by atoms with van der Waals surface area (Å²) < 4.78 is 0. The molecule has 0 atom stereocenters. The standard InChI is InChI=1S/CH2O.2Pb.4H/c1-2;;;;;;/h1H2;;;;;;. The molecule has 0 fully saturated rings. The molecule has 0 rings (SSSR count). The van der Waals surface area contributed by atoms with Crippen molar-refractivity contribution in [1.82, 2.24) is 0 Å². The van der Waals surface area contributed by atoms with Crippen LogP contribution in [-0.4, -0.2) is 61.4 Å². The molecule has 0 unspecified atom stereocenters. The zero-order chi connectivity index (χ0) is 2.00. The fourth-order valence-electron chi connectivity index (χ4n) is 0. The van der Waals surface area contributed by atoms with Gasteiger partial charge < -0.3 is 4.79 Å². The Hall–Kier alpha value is 1.51. The molecule has 0 N–H and O–H groups in total. The van der Waals surface area contributed by atoms with Crippen molar-refractivity contribution in [3.8, 4) is 0 Å². The van der Waals surface area contributed by atoms with E-state index >= 15 is 0 Å². The van der Waals surface area contributed by atoms with E-state index in [1.54, 1.807) is 0 Å². The fraction of sp³-hybridized carbons (Fsp3) is 0. The van der Waals surface area contributed by atoms with Crippen LogP contribution in [0.2, 0.25) is 0 Å². The van der Waals surface area contributed by atoms with Gasteiger partial charge in [0.2, 0.25) is 0 Å². The van der Waals surface area contributed by atoms with E-state index in [1.165, 1.54) is 0 Å². The van der Waals surface area contributed by atoms with Gasteiger partial charge in [-0.3, -0.25) is 0 Å². The normalized spacial score (nSPS) is 1.00. The summed E-state index contributed by atoms with van der Waals surface area (Å²) in [6.07, 6.45) is 0. The molecule has 0 heterocycles. The molecular weight excluding hydrogens is 442 g/mol. The van der Waals surface area contributed by atoms with Crippen LogP contribution in [0.3, 0.4) is 0 Å². The van der Waals surface area contributed by atoms with Crippen LogP contribution >= 0.6 is 0 Å². The van der Waals surface area contributed by atoms with Crippen molar-refractivity contribution in [2.24, 2.45) is 0 Å². The van der Waals surface area contributed by atoms with E-state index in [0.29, 0.717) is 0 Å². The second kappa shape index (κ2) is 24.3. The van der Waals surface area contributed by atoms with Gasteiger partial charge in [-0.1, -0.05) is 0 Å². The van der Waals surface area contributed by atoms with Crippen molar-refractivity contribution in [3.05, 3.63) is 0 Å². The third-order valence-corrected chi connectivity index (χ3v) is 0. The van der Waals surface area contributed by atoms with Crippen molar-refractivity contribution >= 4 is 61.4 Å². The van der Waals surface area contributed by atoms with E-state index in [1.807, 2.05) is 6.79 Å². The zero-order valence-corrected chi connectivity index (χ0v) is 13.5.